The fraction of sp³-hybridized carbons (Fsp3) is 0.350. The van der Waals surface area contributed by atoms with Crippen LogP contribution >= 0.6 is 0 Å². The van der Waals surface area contributed by atoms with Crippen molar-refractivity contribution < 1.29 is 9.72 Å². The van der Waals surface area contributed by atoms with E-state index in [0.717, 1.165) is 18.8 Å². The topological polar surface area (TPSA) is 87.5 Å². The molecule has 2 aromatic rings. The number of amides is 1. The average molecular weight is 368 g/mol. The molecular formula is C20H24N4O3. The van der Waals surface area contributed by atoms with Crippen molar-refractivity contribution >= 4 is 28.7 Å². The Morgan fingerprint density at radius 3 is 2.44 bits per heavy atom. The summed E-state index contributed by atoms with van der Waals surface area (Å²) in [5.41, 5.74) is 2.37. The van der Waals surface area contributed by atoms with Crippen LogP contribution in [0.3, 0.4) is 0 Å². The molecule has 0 bridgehead atoms. The van der Waals surface area contributed by atoms with Crippen LogP contribution in [0, 0.1) is 10.1 Å². The molecule has 0 unspecified atom stereocenters. The first-order chi connectivity index (χ1) is 13.1. The van der Waals surface area contributed by atoms with E-state index in [-0.39, 0.29) is 18.0 Å². The molecule has 1 aliphatic heterocycles. The molecule has 0 aliphatic carbocycles. The van der Waals surface area contributed by atoms with Gasteiger partial charge in [-0.2, -0.15) is 0 Å². The summed E-state index contributed by atoms with van der Waals surface area (Å²) >= 11 is 0. The Morgan fingerprint density at radius 2 is 1.74 bits per heavy atom. The van der Waals surface area contributed by atoms with Crippen molar-refractivity contribution in [3.05, 3.63) is 58.6 Å². The zero-order valence-electron chi connectivity index (χ0n) is 15.2. The van der Waals surface area contributed by atoms with E-state index >= 15 is 0 Å². The van der Waals surface area contributed by atoms with E-state index in [9.17, 15) is 14.9 Å². The molecule has 0 spiro atoms. The van der Waals surface area contributed by atoms with Crippen LogP contribution in [0.4, 0.5) is 22.7 Å². The van der Waals surface area contributed by atoms with Crippen molar-refractivity contribution in [2.45, 2.75) is 25.7 Å². The zero-order chi connectivity index (χ0) is 19.1. The number of anilines is 3. The number of carbonyl (C=O) groups is 1. The lowest BCUT2D eigenvalue weighted by molar-refractivity contribution is -0.384. The largest absolute Gasteiger partial charge is 0.379 e. The third-order valence-electron chi connectivity index (χ3n) is 4.64. The minimum atomic E-state index is -0.438. The molecule has 7 nitrogen and oxygen atoms in total. The molecule has 1 fully saturated rings. The number of nitrogens with zero attached hydrogens (tertiary/aromatic N) is 2. The van der Waals surface area contributed by atoms with Crippen molar-refractivity contribution in [2.75, 3.05) is 35.2 Å². The smallest absolute Gasteiger partial charge is 0.292 e. The molecule has 27 heavy (non-hydrogen) atoms. The molecule has 1 saturated heterocycles. The molecule has 3 rings (SSSR count). The van der Waals surface area contributed by atoms with E-state index in [0.29, 0.717) is 12.2 Å². The van der Waals surface area contributed by atoms with E-state index in [2.05, 4.69) is 15.5 Å². The molecule has 0 saturated carbocycles. The second-order valence-corrected chi connectivity index (χ2v) is 6.59. The quantitative estimate of drug-likeness (QED) is 0.569. The van der Waals surface area contributed by atoms with Crippen molar-refractivity contribution in [3.63, 3.8) is 0 Å². The van der Waals surface area contributed by atoms with Gasteiger partial charge in [0.05, 0.1) is 4.92 Å². The molecule has 7 heteroatoms. The maximum absolute atomic E-state index is 12.1. The van der Waals surface area contributed by atoms with Crippen molar-refractivity contribution in [1.29, 1.82) is 0 Å². The first-order valence-electron chi connectivity index (χ1n) is 9.25. The lowest BCUT2D eigenvalue weighted by Crippen LogP contribution is -2.29. The van der Waals surface area contributed by atoms with Crippen LogP contribution in [0.2, 0.25) is 0 Å². The summed E-state index contributed by atoms with van der Waals surface area (Å²) < 4.78 is 0. The number of rotatable bonds is 7. The second-order valence-electron chi connectivity index (χ2n) is 6.59. The van der Waals surface area contributed by atoms with E-state index < -0.39 is 4.92 Å². The van der Waals surface area contributed by atoms with Gasteiger partial charge < -0.3 is 15.5 Å². The number of carbonyl (C=O) groups excluding carboxylic acids is 1. The van der Waals surface area contributed by atoms with E-state index in [1.807, 2.05) is 24.3 Å². The summed E-state index contributed by atoms with van der Waals surface area (Å²) in [6.07, 6.45) is 3.97. The van der Waals surface area contributed by atoms with Crippen LogP contribution in [0.15, 0.2) is 48.5 Å². The number of hydrogen-bond donors (Lipinski definition) is 2. The third-order valence-corrected chi connectivity index (χ3v) is 4.64. The highest BCUT2D eigenvalue weighted by Crippen LogP contribution is 2.23. The van der Waals surface area contributed by atoms with Gasteiger partial charge in [0.15, 0.2) is 0 Å². The van der Waals surface area contributed by atoms with Gasteiger partial charge in [0.1, 0.15) is 5.69 Å². The van der Waals surface area contributed by atoms with Gasteiger partial charge in [0, 0.05) is 43.5 Å². The Bertz CT molecular complexity index is 786. The van der Waals surface area contributed by atoms with Crippen LogP contribution in [0.5, 0.6) is 0 Å². The van der Waals surface area contributed by atoms with Crippen LogP contribution in [-0.4, -0.2) is 30.5 Å². The highest BCUT2D eigenvalue weighted by atomic mass is 16.6. The van der Waals surface area contributed by atoms with Crippen molar-refractivity contribution in [1.82, 2.24) is 0 Å². The van der Waals surface area contributed by atoms with Gasteiger partial charge in [-0.05, 0) is 49.6 Å². The molecule has 1 aliphatic rings. The maximum atomic E-state index is 12.1. The van der Waals surface area contributed by atoms with E-state index in [1.54, 1.807) is 18.2 Å². The first-order valence-corrected chi connectivity index (χ1v) is 9.25. The Balaban J connectivity index is 1.47. The van der Waals surface area contributed by atoms with Crippen LogP contribution < -0.4 is 15.5 Å². The lowest BCUT2D eigenvalue weighted by Gasteiger charge is -2.28. The molecule has 1 amide bonds. The predicted molar refractivity (Wildman–Crippen MR) is 107 cm³/mol. The fourth-order valence-electron chi connectivity index (χ4n) is 3.22. The average Bonchev–Trinajstić information content (AvgIpc) is 2.69. The Hall–Kier alpha value is -3.09. The number of hydrogen-bond acceptors (Lipinski definition) is 5. The van der Waals surface area contributed by atoms with Gasteiger partial charge in [0.2, 0.25) is 5.91 Å². The standard InChI is InChI=1S/C20H24N4O3/c25-20(12-13-21-18-6-2-3-7-19(18)24(26)27)22-16-8-10-17(11-9-16)23-14-4-1-5-15-23/h2-3,6-11,21H,1,4-5,12-15H2,(H,22,25). The number of nitro benzene ring substituents is 1. The minimum absolute atomic E-state index is 0.00575. The molecular weight excluding hydrogens is 344 g/mol. The Morgan fingerprint density at radius 1 is 1.04 bits per heavy atom. The molecule has 1 heterocycles. The van der Waals surface area contributed by atoms with Gasteiger partial charge >= 0.3 is 0 Å². The second kappa shape index (κ2) is 9.02. The van der Waals surface area contributed by atoms with Crippen molar-refractivity contribution in [3.8, 4) is 0 Å². The van der Waals surface area contributed by atoms with Gasteiger partial charge in [-0.1, -0.05) is 12.1 Å². The number of piperidine rings is 1. The minimum Gasteiger partial charge on any atom is -0.379 e. The highest BCUT2D eigenvalue weighted by Gasteiger charge is 2.13. The maximum Gasteiger partial charge on any atom is 0.292 e. The summed E-state index contributed by atoms with van der Waals surface area (Å²) in [6.45, 7) is 2.49. The SMILES string of the molecule is O=C(CCNc1ccccc1[N+](=O)[O-])Nc1ccc(N2CCCCC2)cc1. The summed E-state index contributed by atoms with van der Waals surface area (Å²) in [4.78, 5) is 25.0. The van der Waals surface area contributed by atoms with Crippen molar-refractivity contribution in [2.24, 2.45) is 0 Å². The number of nitro groups is 1. The Kier molecular flexibility index (Phi) is 6.25. The molecule has 2 aromatic carbocycles. The van der Waals surface area contributed by atoms with Gasteiger partial charge in [0.25, 0.3) is 5.69 Å². The normalized spacial score (nSPS) is 13.9. The van der Waals surface area contributed by atoms with Gasteiger partial charge in [-0.25, -0.2) is 0 Å². The predicted octanol–water partition coefficient (Wildman–Crippen LogP) is 4.03. The Labute approximate surface area is 158 Å². The summed E-state index contributed by atoms with van der Waals surface area (Å²) in [6, 6.07) is 14.3. The monoisotopic (exact) mass is 368 g/mol. The van der Waals surface area contributed by atoms with Gasteiger partial charge in [-0.15, -0.1) is 0 Å². The fourth-order valence-corrected chi connectivity index (χ4v) is 3.22. The summed E-state index contributed by atoms with van der Waals surface area (Å²) in [5.74, 6) is -0.133. The summed E-state index contributed by atoms with van der Waals surface area (Å²) in [7, 11) is 0. The van der Waals surface area contributed by atoms with Crippen LogP contribution in [0.1, 0.15) is 25.7 Å². The highest BCUT2D eigenvalue weighted by molar-refractivity contribution is 5.91. The number of para-hydroxylation sites is 2. The summed E-state index contributed by atoms with van der Waals surface area (Å²) in [5, 5.41) is 16.8. The molecule has 0 radical (unpaired) electrons. The van der Waals surface area contributed by atoms with Gasteiger partial charge in [-0.3, -0.25) is 14.9 Å². The van der Waals surface area contributed by atoms with E-state index in [4.69, 9.17) is 0 Å². The van der Waals surface area contributed by atoms with E-state index in [1.165, 1.54) is 31.0 Å². The number of benzene rings is 2. The van der Waals surface area contributed by atoms with Crippen LogP contribution in [-0.2, 0) is 4.79 Å². The first kappa shape index (κ1) is 18.7. The van der Waals surface area contributed by atoms with Crippen LogP contribution in [0.25, 0.3) is 0 Å². The number of nitrogens with one attached hydrogen (secondary N) is 2. The molecule has 142 valence electrons. The third kappa shape index (κ3) is 5.20. The lowest BCUT2D eigenvalue weighted by atomic mass is 10.1. The molecule has 0 atom stereocenters. The molecule has 0 aromatic heterocycles. The zero-order valence-corrected chi connectivity index (χ0v) is 15.2. The molecule has 2 N–H and O–H groups in total.